The monoisotopic (exact) mass is 393 g/mol. The molecule has 1 saturated heterocycles. The van der Waals surface area contributed by atoms with Gasteiger partial charge < -0.3 is 4.74 Å². The van der Waals surface area contributed by atoms with Crippen molar-refractivity contribution in [2.45, 2.75) is 20.3 Å². The molecule has 150 valence electrons. The summed E-state index contributed by atoms with van der Waals surface area (Å²) in [6, 6.07) is 5.31. The van der Waals surface area contributed by atoms with Crippen LogP contribution >= 0.6 is 0 Å². The van der Waals surface area contributed by atoms with Crippen LogP contribution in [0, 0.1) is 49.4 Å². The maximum absolute atomic E-state index is 12.9. The number of amides is 2. The largest absolute Gasteiger partial charge is 0.456 e. The lowest BCUT2D eigenvalue weighted by atomic mass is 9.63. The number of Topliss-reactive ketones (excluding diaryl/α,β-unsaturated/α-hetero) is 1. The van der Waals surface area contributed by atoms with Gasteiger partial charge in [-0.2, -0.15) is 0 Å². The number of carbonyl (C=O) groups excluding carboxylic acids is 4. The predicted octanol–water partition coefficient (Wildman–Crippen LogP) is 2.08. The van der Waals surface area contributed by atoms with Crippen molar-refractivity contribution in [3.63, 3.8) is 0 Å². The topological polar surface area (TPSA) is 80.8 Å². The Kier molecular flexibility index (Phi) is 4.02. The van der Waals surface area contributed by atoms with Crippen molar-refractivity contribution in [2.75, 3.05) is 13.2 Å². The van der Waals surface area contributed by atoms with Gasteiger partial charge in [-0.3, -0.25) is 24.1 Å². The summed E-state index contributed by atoms with van der Waals surface area (Å²) in [7, 11) is 0. The van der Waals surface area contributed by atoms with Gasteiger partial charge in [-0.15, -0.1) is 0 Å². The first-order valence-electron chi connectivity index (χ1n) is 10.2. The van der Waals surface area contributed by atoms with Crippen molar-refractivity contribution in [3.05, 3.63) is 47.0 Å². The number of likely N-dealkylation sites (tertiary alicyclic amines) is 1. The number of ether oxygens (including phenoxy) is 1. The molecule has 1 aliphatic heterocycles. The fourth-order valence-corrected chi connectivity index (χ4v) is 5.49. The lowest BCUT2D eigenvalue weighted by Crippen LogP contribution is -2.40. The third kappa shape index (κ3) is 2.76. The van der Waals surface area contributed by atoms with Crippen molar-refractivity contribution in [1.29, 1.82) is 0 Å². The quantitative estimate of drug-likeness (QED) is 0.331. The molecular weight excluding hydrogens is 370 g/mol. The van der Waals surface area contributed by atoms with E-state index in [1.165, 1.54) is 0 Å². The van der Waals surface area contributed by atoms with E-state index in [0.717, 1.165) is 22.4 Å². The molecule has 6 atom stereocenters. The van der Waals surface area contributed by atoms with Gasteiger partial charge in [0.15, 0.2) is 12.4 Å². The SMILES string of the molecule is Cc1ccc(C(=O)COC(=O)CN2C(=O)[C@H]3[C@@H]4C=C[C@H]([C@H]5C[C@H]45)[C@@H]3C2=O)cc1C. The number of hydrogen-bond donors (Lipinski definition) is 0. The molecule has 6 rings (SSSR count). The van der Waals surface area contributed by atoms with Crippen molar-refractivity contribution < 1.29 is 23.9 Å². The molecular formula is C23H23NO5. The third-order valence-electron chi connectivity index (χ3n) is 7.23. The van der Waals surface area contributed by atoms with E-state index < -0.39 is 19.1 Å². The summed E-state index contributed by atoms with van der Waals surface area (Å²) in [6.07, 6.45) is 5.28. The molecule has 2 saturated carbocycles. The molecule has 1 heterocycles. The normalized spacial score (nSPS) is 33.5. The van der Waals surface area contributed by atoms with Crippen molar-refractivity contribution in [3.8, 4) is 0 Å². The number of esters is 1. The van der Waals surface area contributed by atoms with E-state index in [0.29, 0.717) is 17.4 Å². The molecule has 0 spiro atoms. The van der Waals surface area contributed by atoms with Gasteiger partial charge in [-0.1, -0.05) is 24.3 Å². The van der Waals surface area contributed by atoms with Gasteiger partial charge in [0.1, 0.15) is 6.54 Å². The number of nitrogens with zero attached hydrogens (tertiary/aromatic N) is 1. The Labute approximate surface area is 168 Å². The molecule has 5 aliphatic rings. The van der Waals surface area contributed by atoms with E-state index in [-0.39, 0.29) is 41.3 Å². The first-order chi connectivity index (χ1) is 13.9. The maximum Gasteiger partial charge on any atom is 0.326 e. The molecule has 3 fully saturated rings. The number of imide groups is 1. The molecule has 6 heteroatoms. The van der Waals surface area contributed by atoms with E-state index in [2.05, 4.69) is 12.2 Å². The summed E-state index contributed by atoms with van der Waals surface area (Å²) in [5.74, 6) is -0.931. The minimum absolute atomic E-state index is 0.124. The minimum atomic E-state index is -0.729. The van der Waals surface area contributed by atoms with Crippen LogP contribution in [0.25, 0.3) is 0 Å². The molecule has 1 aromatic carbocycles. The van der Waals surface area contributed by atoms with Gasteiger partial charge in [0.05, 0.1) is 11.8 Å². The Balaban J connectivity index is 1.21. The van der Waals surface area contributed by atoms with E-state index in [4.69, 9.17) is 4.74 Å². The highest BCUT2D eigenvalue weighted by atomic mass is 16.5. The number of ketones is 1. The van der Waals surface area contributed by atoms with Crippen LogP contribution in [0.2, 0.25) is 0 Å². The van der Waals surface area contributed by atoms with E-state index in [1.54, 1.807) is 12.1 Å². The van der Waals surface area contributed by atoms with Crippen molar-refractivity contribution in [1.82, 2.24) is 4.90 Å². The van der Waals surface area contributed by atoms with Crippen LogP contribution in [-0.2, 0) is 19.1 Å². The second-order valence-corrected chi connectivity index (χ2v) is 8.80. The molecule has 0 radical (unpaired) electrons. The van der Waals surface area contributed by atoms with Crippen LogP contribution in [0.15, 0.2) is 30.4 Å². The first kappa shape index (κ1) is 18.3. The highest BCUT2D eigenvalue weighted by molar-refractivity contribution is 6.08. The van der Waals surface area contributed by atoms with Crippen LogP contribution in [0.1, 0.15) is 27.9 Å². The molecule has 1 aromatic rings. The van der Waals surface area contributed by atoms with E-state index in [1.807, 2.05) is 19.9 Å². The average Bonchev–Trinajstić information content (AvgIpc) is 3.49. The fourth-order valence-electron chi connectivity index (χ4n) is 5.49. The lowest BCUT2D eigenvalue weighted by molar-refractivity contribution is -0.152. The van der Waals surface area contributed by atoms with Gasteiger partial charge in [-0.05, 0) is 61.1 Å². The Morgan fingerprint density at radius 2 is 1.62 bits per heavy atom. The molecule has 29 heavy (non-hydrogen) atoms. The van der Waals surface area contributed by atoms with Crippen LogP contribution in [0.4, 0.5) is 0 Å². The van der Waals surface area contributed by atoms with Crippen LogP contribution in [0.5, 0.6) is 0 Å². The molecule has 2 bridgehead atoms. The summed E-state index contributed by atoms with van der Waals surface area (Å²) in [6.45, 7) is 3.05. The Bertz CT molecular complexity index is 943. The average molecular weight is 393 g/mol. The Hall–Kier alpha value is -2.76. The number of hydrogen-bond acceptors (Lipinski definition) is 5. The molecule has 0 N–H and O–H groups in total. The van der Waals surface area contributed by atoms with Gasteiger partial charge in [0.2, 0.25) is 11.8 Å². The lowest BCUT2D eigenvalue weighted by Gasteiger charge is -2.37. The number of aryl methyl sites for hydroxylation is 2. The highest BCUT2D eigenvalue weighted by Crippen LogP contribution is 2.65. The predicted molar refractivity (Wildman–Crippen MR) is 103 cm³/mol. The zero-order valence-electron chi connectivity index (χ0n) is 16.5. The Morgan fingerprint density at radius 1 is 1.00 bits per heavy atom. The molecule has 6 nitrogen and oxygen atoms in total. The van der Waals surface area contributed by atoms with Crippen LogP contribution < -0.4 is 0 Å². The zero-order chi connectivity index (χ0) is 20.4. The Morgan fingerprint density at radius 3 is 2.21 bits per heavy atom. The maximum atomic E-state index is 12.9. The molecule has 2 amide bonds. The van der Waals surface area contributed by atoms with Crippen molar-refractivity contribution >= 4 is 23.6 Å². The molecule has 0 unspecified atom stereocenters. The standard InChI is InChI=1S/C23H23NO5/c1-11-3-4-13(7-12(11)2)18(25)10-29-19(26)9-24-22(27)20-14-5-6-15(17-8-16(14)17)21(20)23(24)28/h3-7,14-17,20-21H,8-10H2,1-2H3/t14-,15-,16-,17-,20+,21+/m1/s1. The number of carbonyl (C=O) groups is 4. The minimum Gasteiger partial charge on any atom is -0.456 e. The summed E-state index contributed by atoms with van der Waals surface area (Å²) < 4.78 is 5.09. The molecule has 4 aliphatic carbocycles. The van der Waals surface area contributed by atoms with Gasteiger partial charge in [0.25, 0.3) is 0 Å². The van der Waals surface area contributed by atoms with Gasteiger partial charge in [0, 0.05) is 5.56 Å². The van der Waals surface area contributed by atoms with Gasteiger partial charge >= 0.3 is 5.97 Å². The summed E-state index contributed by atoms with van der Waals surface area (Å²) in [4.78, 5) is 51.3. The number of rotatable bonds is 5. The summed E-state index contributed by atoms with van der Waals surface area (Å²) >= 11 is 0. The second kappa shape index (κ2) is 6.37. The third-order valence-corrected chi connectivity index (χ3v) is 7.23. The van der Waals surface area contributed by atoms with Crippen molar-refractivity contribution in [2.24, 2.45) is 35.5 Å². The zero-order valence-corrected chi connectivity index (χ0v) is 16.5. The van der Waals surface area contributed by atoms with Gasteiger partial charge in [-0.25, -0.2) is 0 Å². The summed E-state index contributed by atoms with van der Waals surface area (Å²) in [5.41, 5.74) is 2.54. The first-order valence-corrected chi connectivity index (χ1v) is 10.2. The smallest absolute Gasteiger partial charge is 0.326 e. The van der Waals surface area contributed by atoms with Crippen LogP contribution in [-0.4, -0.2) is 41.6 Å². The highest BCUT2D eigenvalue weighted by Gasteiger charge is 2.67. The number of allylic oxidation sites excluding steroid dienone is 2. The molecule has 0 aromatic heterocycles. The number of benzene rings is 1. The summed E-state index contributed by atoms with van der Waals surface area (Å²) in [5, 5.41) is 0. The van der Waals surface area contributed by atoms with Crippen LogP contribution in [0.3, 0.4) is 0 Å². The second-order valence-electron chi connectivity index (χ2n) is 8.80. The van der Waals surface area contributed by atoms with E-state index in [9.17, 15) is 19.2 Å². The fraction of sp³-hybridized carbons (Fsp3) is 0.478. The van der Waals surface area contributed by atoms with E-state index >= 15 is 0 Å².